The molecule has 2 aromatic carbocycles. The second-order valence-corrected chi connectivity index (χ2v) is 7.31. The number of para-hydroxylation sites is 3. The Bertz CT molecular complexity index is 994. The molecule has 3 aromatic rings. The van der Waals surface area contributed by atoms with Gasteiger partial charge in [0.05, 0.1) is 28.3 Å². The quantitative estimate of drug-likeness (QED) is 0.322. The molecule has 1 aromatic heterocycles. The molecule has 1 aliphatic heterocycles. The lowest BCUT2D eigenvalue weighted by Gasteiger charge is -2.38. The standard InChI is InChI=1S/C21H25ClN6.HI/c1-23-21(24-15-20-25-17-8-4-6-10-19(17)26(20)2)28-13-11-27(12-14-28)18-9-5-3-7-16(18)22;/h3-10H,11-15H2,1-2H3,(H,23,24);1H. The lowest BCUT2D eigenvalue weighted by molar-refractivity contribution is 0.372. The van der Waals surface area contributed by atoms with E-state index in [9.17, 15) is 0 Å². The van der Waals surface area contributed by atoms with E-state index in [4.69, 9.17) is 16.6 Å². The van der Waals surface area contributed by atoms with Crippen LogP contribution in [-0.4, -0.2) is 53.6 Å². The minimum absolute atomic E-state index is 0. The van der Waals surface area contributed by atoms with Gasteiger partial charge in [-0.25, -0.2) is 4.98 Å². The molecule has 6 nitrogen and oxygen atoms in total. The van der Waals surface area contributed by atoms with E-state index in [2.05, 4.69) is 43.9 Å². The number of fused-ring (bicyclic) bond motifs is 1. The van der Waals surface area contributed by atoms with Gasteiger partial charge in [0.1, 0.15) is 5.82 Å². The van der Waals surface area contributed by atoms with Gasteiger partial charge in [-0.2, -0.15) is 0 Å². The molecule has 0 aliphatic carbocycles. The molecular formula is C21H26ClIN6. The summed E-state index contributed by atoms with van der Waals surface area (Å²) in [7, 11) is 3.88. The zero-order valence-corrected chi connectivity index (χ0v) is 19.8. The van der Waals surface area contributed by atoms with E-state index < -0.39 is 0 Å². The Morgan fingerprint density at radius 3 is 2.45 bits per heavy atom. The fourth-order valence-electron chi connectivity index (χ4n) is 3.71. The van der Waals surface area contributed by atoms with E-state index >= 15 is 0 Å². The average Bonchev–Trinajstić information content (AvgIpc) is 3.05. The number of imidazole rings is 1. The normalized spacial score (nSPS) is 14.8. The van der Waals surface area contributed by atoms with Gasteiger partial charge in [-0.05, 0) is 24.3 Å². The summed E-state index contributed by atoms with van der Waals surface area (Å²) < 4.78 is 2.13. The molecule has 1 N–H and O–H groups in total. The maximum absolute atomic E-state index is 6.35. The fourth-order valence-corrected chi connectivity index (χ4v) is 3.97. The van der Waals surface area contributed by atoms with Crippen LogP contribution >= 0.6 is 35.6 Å². The number of hydrogen-bond acceptors (Lipinski definition) is 3. The van der Waals surface area contributed by atoms with Crippen molar-refractivity contribution in [2.45, 2.75) is 6.54 Å². The van der Waals surface area contributed by atoms with Crippen LogP contribution in [0.5, 0.6) is 0 Å². The molecule has 0 amide bonds. The number of piperazine rings is 1. The van der Waals surface area contributed by atoms with E-state index in [1.54, 1.807) is 0 Å². The molecule has 1 fully saturated rings. The topological polar surface area (TPSA) is 48.7 Å². The second kappa shape index (κ2) is 9.67. The fraction of sp³-hybridized carbons (Fsp3) is 0.333. The van der Waals surface area contributed by atoms with Gasteiger partial charge in [0.2, 0.25) is 0 Å². The van der Waals surface area contributed by atoms with Crippen LogP contribution in [0, 0.1) is 0 Å². The molecule has 29 heavy (non-hydrogen) atoms. The van der Waals surface area contributed by atoms with Crippen molar-refractivity contribution >= 4 is 58.3 Å². The van der Waals surface area contributed by atoms with E-state index in [1.807, 2.05) is 43.4 Å². The van der Waals surface area contributed by atoms with Gasteiger partial charge >= 0.3 is 0 Å². The van der Waals surface area contributed by atoms with Crippen LogP contribution in [0.3, 0.4) is 0 Å². The minimum atomic E-state index is 0. The molecule has 0 atom stereocenters. The zero-order valence-electron chi connectivity index (χ0n) is 16.7. The first-order valence-corrected chi connectivity index (χ1v) is 9.90. The lowest BCUT2D eigenvalue weighted by Crippen LogP contribution is -2.52. The molecule has 1 aliphatic rings. The summed E-state index contributed by atoms with van der Waals surface area (Å²) in [4.78, 5) is 13.8. The summed E-state index contributed by atoms with van der Waals surface area (Å²) in [5, 5.41) is 4.28. The van der Waals surface area contributed by atoms with E-state index in [0.29, 0.717) is 6.54 Å². The van der Waals surface area contributed by atoms with Gasteiger partial charge in [-0.1, -0.05) is 35.9 Å². The number of nitrogens with one attached hydrogen (secondary N) is 1. The molecule has 0 radical (unpaired) electrons. The van der Waals surface area contributed by atoms with Gasteiger partial charge in [0.15, 0.2) is 5.96 Å². The maximum atomic E-state index is 6.35. The highest BCUT2D eigenvalue weighted by Crippen LogP contribution is 2.26. The van der Waals surface area contributed by atoms with Gasteiger partial charge in [0, 0.05) is 40.3 Å². The molecule has 0 unspecified atom stereocenters. The number of guanidine groups is 1. The van der Waals surface area contributed by atoms with Crippen molar-refractivity contribution in [2.75, 3.05) is 38.1 Å². The number of aliphatic imine (C=N–C) groups is 1. The SMILES string of the molecule is CN=C(NCc1nc2ccccc2n1C)N1CCN(c2ccccc2Cl)CC1.I. The Morgan fingerprint density at radius 1 is 1.07 bits per heavy atom. The van der Waals surface area contributed by atoms with E-state index in [0.717, 1.165) is 59.7 Å². The Hall–Kier alpha value is -2.00. The van der Waals surface area contributed by atoms with E-state index in [1.165, 1.54) is 0 Å². The maximum Gasteiger partial charge on any atom is 0.194 e. The summed E-state index contributed by atoms with van der Waals surface area (Å²) in [5.41, 5.74) is 3.26. The van der Waals surface area contributed by atoms with Crippen molar-refractivity contribution in [1.29, 1.82) is 0 Å². The first kappa shape index (κ1) is 21.7. The number of aromatic nitrogens is 2. The van der Waals surface area contributed by atoms with Crippen LogP contribution in [-0.2, 0) is 13.6 Å². The predicted octanol–water partition coefficient (Wildman–Crippen LogP) is 3.74. The van der Waals surface area contributed by atoms with Crippen molar-refractivity contribution in [3.63, 3.8) is 0 Å². The third-order valence-electron chi connectivity index (χ3n) is 5.27. The van der Waals surface area contributed by atoms with Gasteiger partial charge in [-0.3, -0.25) is 4.99 Å². The number of anilines is 1. The Labute approximate surface area is 193 Å². The largest absolute Gasteiger partial charge is 0.367 e. The van der Waals surface area contributed by atoms with Crippen molar-refractivity contribution in [1.82, 2.24) is 19.8 Å². The minimum Gasteiger partial charge on any atom is -0.367 e. The zero-order chi connectivity index (χ0) is 19.5. The summed E-state index contributed by atoms with van der Waals surface area (Å²) in [6.07, 6.45) is 0. The van der Waals surface area contributed by atoms with Gasteiger partial charge < -0.3 is 19.7 Å². The highest BCUT2D eigenvalue weighted by Gasteiger charge is 2.21. The van der Waals surface area contributed by atoms with Crippen LogP contribution in [0.2, 0.25) is 5.02 Å². The summed E-state index contributed by atoms with van der Waals surface area (Å²) in [5.74, 6) is 1.91. The second-order valence-electron chi connectivity index (χ2n) is 6.90. The molecule has 0 saturated carbocycles. The van der Waals surface area contributed by atoms with Crippen molar-refractivity contribution in [3.8, 4) is 0 Å². The molecule has 2 heterocycles. The van der Waals surface area contributed by atoms with Crippen LogP contribution < -0.4 is 10.2 Å². The number of halogens is 2. The van der Waals surface area contributed by atoms with Gasteiger partial charge in [0.25, 0.3) is 0 Å². The van der Waals surface area contributed by atoms with Gasteiger partial charge in [-0.15, -0.1) is 24.0 Å². The molecule has 1 saturated heterocycles. The third kappa shape index (κ3) is 4.61. The predicted molar refractivity (Wildman–Crippen MR) is 132 cm³/mol. The molecule has 154 valence electrons. The number of benzene rings is 2. The van der Waals surface area contributed by atoms with Crippen LogP contribution in [0.15, 0.2) is 53.5 Å². The highest BCUT2D eigenvalue weighted by molar-refractivity contribution is 14.0. The number of rotatable bonds is 3. The smallest absolute Gasteiger partial charge is 0.194 e. The summed E-state index contributed by atoms with van der Waals surface area (Å²) >= 11 is 6.35. The number of aryl methyl sites for hydroxylation is 1. The van der Waals surface area contributed by atoms with Crippen LogP contribution in [0.1, 0.15) is 5.82 Å². The molecule has 0 spiro atoms. The van der Waals surface area contributed by atoms with Crippen molar-refractivity contribution in [3.05, 3.63) is 59.4 Å². The van der Waals surface area contributed by atoms with Crippen molar-refractivity contribution < 1.29 is 0 Å². The average molecular weight is 525 g/mol. The lowest BCUT2D eigenvalue weighted by atomic mass is 10.2. The Kier molecular flexibility index (Phi) is 7.23. The van der Waals surface area contributed by atoms with Crippen LogP contribution in [0.25, 0.3) is 11.0 Å². The Balaban J connectivity index is 0.00000240. The molecule has 0 bridgehead atoms. The van der Waals surface area contributed by atoms with E-state index in [-0.39, 0.29) is 24.0 Å². The summed E-state index contributed by atoms with van der Waals surface area (Å²) in [6, 6.07) is 16.2. The van der Waals surface area contributed by atoms with Crippen LogP contribution in [0.4, 0.5) is 5.69 Å². The Morgan fingerprint density at radius 2 is 1.76 bits per heavy atom. The monoisotopic (exact) mass is 524 g/mol. The molecular weight excluding hydrogens is 499 g/mol. The third-order valence-corrected chi connectivity index (χ3v) is 5.59. The molecule has 4 rings (SSSR count). The highest BCUT2D eigenvalue weighted by atomic mass is 127. The number of hydrogen-bond donors (Lipinski definition) is 1. The molecule has 8 heteroatoms. The van der Waals surface area contributed by atoms with Crippen molar-refractivity contribution in [2.24, 2.45) is 12.0 Å². The number of nitrogens with zero attached hydrogens (tertiary/aromatic N) is 5. The first-order valence-electron chi connectivity index (χ1n) is 9.53. The summed E-state index contributed by atoms with van der Waals surface area (Å²) in [6.45, 7) is 4.26. The first-order chi connectivity index (χ1) is 13.7.